The number of benzene rings is 1. The highest BCUT2D eigenvalue weighted by molar-refractivity contribution is 7.88. The lowest BCUT2D eigenvalue weighted by molar-refractivity contribution is -0.153. The normalized spacial score (nSPS) is 16.8. The molecule has 2 aliphatic rings. The van der Waals surface area contributed by atoms with E-state index in [1.807, 2.05) is 6.08 Å². The van der Waals surface area contributed by atoms with Crippen molar-refractivity contribution in [2.75, 3.05) is 31.4 Å². The first-order chi connectivity index (χ1) is 16.1. The van der Waals surface area contributed by atoms with Crippen LogP contribution in [0.15, 0.2) is 30.5 Å². The van der Waals surface area contributed by atoms with Gasteiger partial charge in [-0.25, -0.2) is 18.1 Å². The maximum absolute atomic E-state index is 13.0. The molecule has 0 bridgehead atoms. The van der Waals surface area contributed by atoms with Crippen LogP contribution in [0.1, 0.15) is 42.1 Å². The molecule has 1 aliphatic heterocycles. The average Bonchev–Trinajstić information content (AvgIpc) is 3.62. The van der Waals surface area contributed by atoms with Crippen molar-refractivity contribution in [3.8, 4) is 5.75 Å². The third-order valence-corrected chi connectivity index (χ3v) is 5.99. The second-order valence-electron chi connectivity index (χ2n) is 8.22. The minimum Gasteiger partial charge on any atom is -0.481 e. The van der Waals surface area contributed by atoms with E-state index in [4.69, 9.17) is 9.47 Å². The number of nitrogens with zero attached hydrogens (tertiary/aromatic N) is 2. The summed E-state index contributed by atoms with van der Waals surface area (Å²) in [5.74, 6) is 0.548. The molecule has 2 N–H and O–H groups in total. The molecule has 184 valence electrons. The molecule has 2 heterocycles. The molecule has 2 aromatic rings. The molecule has 0 amide bonds. The van der Waals surface area contributed by atoms with Gasteiger partial charge in [-0.15, -0.1) is 0 Å². The van der Waals surface area contributed by atoms with Gasteiger partial charge in [-0.3, -0.25) is 4.98 Å². The molecule has 1 saturated carbocycles. The van der Waals surface area contributed by atoms with Crippen molar-refractivity contribution in [1.29, 1.82) is 0 Å². The van der Waals surface area contributed by atoms with Gasteiger partial charge < -0.3 is 14.8 Å². The molecule has 8 nitrogen and oxygen atoms in total. The first-order valence-corrected chi connectivity index (χ1v) is 12.7. The number of hydrogen-bond acceptors (Lipinski definition) is 7. The quantitative estimate of drug-likeness (QED) is 0.541. The Kier molecular flexibility index (Phi) is 7.10. The largest absolute Gasteiger partial charge is 0.481 e. The molecule has 1 fully saturated rings. The summed E-state index contributed by atoms with van der Waals surface area (Å²) in [5, 5.41) is 3.02. The Morgan fingerprint density at radius 2 is 2.06 bits per heavy atom. The van der Waals surface area contributed by atoms with Crippen molar-refractivity contribution < 1.29 is 31.1 Å². The van der Waals surface area contributed by atoms with Crippen molar-refractivity contribution in [2.24, 2.45) is 0 Å². The summed E-state index contributed by atoms with van der Waals surface area (Å²) < 4.78 is 75.3. The van der Waals surface area contributed by atoms with Crippen LogP contribution in [0.25, 0.3) is 5.57 Å². The number of ether oxygens (including phenoxy) is 2. The number of alkyl halides is 3. The van der Waals surface area contributed by atoms with Crippen LogP contribution >= 0.6 is 0 Å². The van der Waals surface area contributed by atoms with Crippen molar-refractivity contribution in [3.05, 3.63) is 47.4 Å². The van der Waals surface area contributed by atoms with Crippen LogP contribution in [0.4, 0.5) is 24.7 Å². The van der Waals surface area contributed by atoms with Gasteiger partial charge in [0.25, 0.3) is 0 Å². The smallest absolute Gasteiger partial charge is 0.422 e. The molecule has 1 aromatic heterocycles. The van der Waals surface area contributed by atoms with Crippen molar-refractivity contribution in [3.63, 3.8) is 0 Å². The Bertz CT molecular complexity index is 1180. The third-order valence-electron chi connectivity index (χ3n) is 5.32. The Balaban J connectivity index is 1.70. The molecule has 0 atom stereocenters. The number of para-hydroxylation sites is 1. The molecular weight excluding hydrogens is 473 g/mol. The molecule has 0 radical (unpaired) electrons. The van der Waals surface area contributed by atoms with Gasteiger partial charge in [-0.1, -0.05) is 18.2 Å². The van der Waals surface area contributed by atoms with Crippen LogP contribution in [0.5, 0.6) is 5.75 Å². The van der Waals surface area contributed by atoms with Gasteiger partial charge in [-0.05, 0) is 30.9 Å². The van der Waals surface area contributed by atoms with E-state index in [-0.39, 0.29) is 29.7 Å². The van der Waals surface area contributed by atoms with E-state index in [2.05, 4.69) is 20.0 Å². The number of hydrogen-bond donors (Lipinski definition) is 2. The monoisotopic (exact) mass is 498 g/mol. The van der Waals surface area contributed by atoms with Crippen LogP contribution < -0.4 is 14.8 Å². The van der Waals surface area contributed by atoms with Crippen molar-refractivity contribution >= 4 is 27.1 Å². The second kappa shape index (κ2) is 9.88. The number of nitrogens with one attached hydrogen (secondary N) is 2. The lowest BCUT2D eigenvalue weighted by Crippen LogP contribution is -2.23. The Hall–Kier alpha value is -2.70. The predicted molar refractivity (Wildman–Crippen MR) is 120 cm³/mol. The van der Waals surface area contributed by atoms with Crippen molar-refractivity contribution in [2.45, 2.75) is 37.9 Å². The molecule has 12 heteroatoms. The first-order valence-electron chi connectivity index (χ1n) is 10.8. The fourth-order valence-electron chi connectivity index (χ4n) is 3.54. The standard InChI is InChI=1S/C22H25F3N4O4S/c1-34(30,31)27-12-19-21(26-11-18(28-19)15-5-6-15)29-17-4-2-3-16(14-7-9-32-10-8-14)20(17)33-13-22(23,24)25/h2-4,7,11,15,27H,5-6,8-10,12-13H2,1H3,(H,26,29). The van der Waals surface area contributed by atoms with E-state index >= 15 is 0 Å². The van der Waals surface area contributed by atoms with Gasteiger partial charge in [0.1, 0.15) is 0 Å². The van der Waals surface area contributed by atoms with E-state index < -0.39 is 22.8 Å². The van der Waals surface area contributed by atoms with E-state index in [0.29, 0.717) is 30.9 Å². The summed E-state index contributed by atoms with van der Waals surface area (Å²) in [6, 6.07) is 4.98. The minimum absolute atomic E-state index is 0.0306. The number of aromatic nitrogens is 2. The van der Waals surface area contributed by atoms with Gasteiger partial charge in [-0.2, -0.15) is 13.2 Å². The summed E-state index contributed by atoms with van der Waals surface area (Å²) >= 11 is 0. The van der Waals surface area contributed by atoms with Gasteiger partial charge in [0.15, 0.2) is 18.2 Å². The topological polar surface area (TPSA) is 102 Å². The molecule has 1 aromatic carbocycles. The molecule has 0 saturated heterocycles. The Morgan fingerprint density at radius 1 is 1.26 bits per heavy atom. The zero-order chi connectivity index (χ0) is 24.3. The molecular formula is C22H25F3N4O4S. The highest BCUT2D eigenvalue weighted by atomic mass is 32.2. The summed E-state index contributed by atoms with van der Waals surface area (Å²) in [5.41, 5.74) is 2.71. The zero-order valence-corrected chi connectivity index (χ0v) is 19.3. The fraction of sp³-hybridized carbons (Fsp3) is 0.455. The molecule has 1 aliphatic carbocycles. The van der Waals surface area contributed by atoms with Crippen LogP contribution in [-0.2, 0) is 21.3 Å². The third kappa shape index (κ3) is 6.67. The summed E-state index contributed by atoms with van der Waals surface area (Å²) in [7, 11) is -3.50. The highest BCUT2D eigenvalue weighted by Crippen LogP contribution is 2.41. The molecule has 34 heavy (non-hydrogen) atoms. The molecule has 0 unspecified atom stereocenters. The van der Waals surface area contributed by atoms with Crippen molar-refractivity contribution in [1.82, 2.24) is 14.7 Å². The average molecular weight is 499 g/mol. The van der Waals surface area contributed by atoms with Crippen LogP contribution in [-0.4, -0.2) is 50.6 Å². The highest BCUT2D eigenvalue weighted by Gasteiger charge is 2.30. The van der Waals surface area contributed by atoms with E-state index in [1.54, 1.807) is 24.4 Å². The van der Waals surface area contributed by atoms with Gasteiger partial charge >= 0.3 is 6.18 Å². The maximum atomic E-state index is 13.0. The van der Waals surface area contributed by atoms with Gasteiger partial charge in [0, 0.05) is 11.5 Å². The SMILES string of the molecule is CS(=O)(=O)NCc1nc(C2CC2)cnc1Nc1cccc(C2=CCOCC2)c1OCC(F)(F)F. The van der Waals surface area contributed by atoms with E-state index in [1.165, 1.54) is 0 Å². The number of sulfonamides is 1. The Morgan fingerprint density at radius 3 is 2.71 bits per heavy atom. The first kappa shape index (κ1) is 24.4. The lowest BCUT2D eigenvalue weighted by atomic mass is 9.99. The molecule has 4 rings (SSSR count). The lowest BCUT2D eigenvalue weighted by Gasteiger charge is -2.21. The number of rotatable bonds is 9. The fourth-order valence-corrected chi connectivity index (χ4v) is 3.94. The summed E-state index contributed by atoms with van der Waals surface area (Å²) in [6.45, 7) is -0.758. The minimum atomic E-state index is -4.52. The number of halogens is 3. The zero-order valence-electron chi connectivity index (χ0n) is 18.5. The van der Waals surface area contributed by atoms with Crippen LogP contribution in [0, 0.1) is 0 Å². The second-order valence-corrected chi connectivity index (χ2v) is 10.1. The van der Waals surface area contributed by atoms with Gasteiger partial charge in [0.05, 0.1) is 49.3 Å². The number of anilines is 2. The van der Waals surface area contributed by atoms with Crippen LogP contribution in [0.2, 0.25) is 0 Å². The summed E-state index contributed by atoms with van der Waals surface area (Å²) in [4.78, 5) is 8.97. The Labute approximate surface area is 195 Å². The van der Waals surface area contributed by atoms with E-state index in [0.717, 1.165) is 30.4 Å². The van der Waals surface area contributed by atoms with Crippen LogP contribution in [0.3, 0.4) is 0 Å². The van der Waals surface area contributed by atoms with Gasteiger partial charge in [0.2, 0.25) is 10.0 Å². The molecule has 0 spiro atoms. The summed E-state index contributed by atoms with van der Waals surface area (Å²) in [6.07, 6.45) is 2.43. The predicted octanol–water partition coefficient (Wildman–Crippen LogP) is 3.89. The van der Waals surface area contributed by atoms with E-state index in [9.17, 15) is 21.6 Å². The maximum Gasteiger partial charge on any atom is 0.422 e.